The standard InChI is InChI=1S/C15H25N5O4S/c1-3-8(2)12(15(23)24)20-14(22)11(6-25)19-13(21)10(16)4-9-5-17-7-18-9/h5,7-8,10-12,25H,3-4,6,16H2,1-2H3,(H,17,18)(H,19,21)(H,20,22)(H,23,24)/t8-,10-,11-,12-/m0/s1. The number of H-pyrrole nitrogens is 1. The van der Waals surface area contributed by atoms with Crippen LogP contribution < -0.4 is 16.4 Å². The molecule has 0 bridgehead atoms. The zero-order valence-corrected chi connectivity index (χ0v) is 15.1. The molecule has 1 aromatic heterocycles. The average Bonchev–Trinajstić information content (AvgIpc) is 3.08. The van der Waals surface area contributed by atoms with E-state index in [4.69, 9.17) is 5.73 Å². The van der Waals surface area contributed by atoms with Crippen molar-refractivity contribution in [3.05, 3.63) is 18.2 Å². The van der Waals surface area contributed by atoms with Gasteiger partial charge in [0.05, 0.1) is 12.4 Å². The lowest BCUT2D eigenvalue weighted by Crippen LogP contribution is -2.56. The Morgan fingerprint density at radius 2 is 2.04 bits per heavy atom. The number of imidazole rings is 1. The number of aromatic amines is 1. The SMILES string of the molecule is CC[C@H](C)[C@H](NC(=O)[C@H](CS)NC(=O)[C@@H](N)Cc1cnc[nH]1)C(=O)O. The Kier molecular flexibility index (Phi) is 8.42. The molecule has 0 spiro atoms. The van der Waals surface area contributed by atoms with Crippen molar-refractivity contribution in [3.63, 3.8) is 0 Å². The number of carbonyl (C=O) groups excluding carboxylic acids is 2. The van der Waals surface area contributed by atoms with Crippen molar-refractivity contribution in [2.24, 2.45) is 11.7 Å². The molecule has 0 unspecified atom stereocenters. The highest BCUT2D eigenvalue weighted by Crippen LogP contribution is 2.08. The number of nitrogens with zero attached hydrogens (tertiary/aromatic N) is 1. The minimum atomic E-state index is -1.12. The molecule has 1 aromatic rings. The van der Waals surface area contributed by atoms with E-state index in [0.717, 1.165) is 0 Å². The van der Waals surface area contributed by atoms with Crippen LogP contribution in [0, 0.1) is 5.92 Å². The molecule has 6 N–H and O–H groups in total. The summed E-state index contributed by atoms with van der Waals surface area (Å²) < 4.78 is 0. The van der Waals surface area contributed by atoms with Crippen molar-refractivity contribution in [2.75, 3.05) is 5.75 Å². The van der Waals surface area contributed by atoms with E-state index in [-0.39, 0.29) is 18.1 Å². The number of hydrogen-bond acceptors (Lipinski definition) is 6. The lowest BCUT2D eigenvalue weighted by atomic mass is 9.99. The van der Waals surface area contributed by atoms with Crippen molar-refractivity contribution >= 4 is 30.4 Å². The van der Waals surface area contributed by atoms with Crippen LogP contribution in [0.1, 0.15) is 26.0 Å². The fraction of sp³-hybridized carbons (Fsp3) is 0.600. The summed E-state index contributed by atoms with van der Waals surface area (Å²) in [6.07, 6.45) is 3.85. The molecule has 0 saturated carbocycles. The second-order valence-electron chi connectivity index (χ2n) is 5.84. The first-order valence-corrected chi connectivity index (χ1v) is 8.60. The number of carboxylic acid groups (broad SMARTS) is 1. The molecule has 4 atom stereocenters. The maximum absolute atomic E-state index is 12.3. The fourth-order valence-corrected chi connectivity index (χ4v) is 2.39. The summed E-state index contributed by atoms with van der Waals surface area (Å²) in [6, 6.07) is -2.88. The van der Waals surface area contributed by atoms with Crippen molar-refractivity contribution in [1.82, 2.24) is 20.6 Å². The summed E-state index contributed by atoms with van der Waals surface area (Å²) in [7, 11) is 0. The fourth-order valence-electron chi connectivity index (χ4n) is 2.14. The lowest BCUT2D eigenvalue weighted by molar-refractivity contribution is -0.143. The Labute approximate surface area is 151 Å². The van der Waals surface area contributed by atoms with Crippen LogP contribution in [0.5, 0.6) is 0 Å². The number of hydrogen-bond donors (Lipinski definition) is 6. The number of rotatable bonds is 10. The Morgan fingerprint density at radius 3 is 2.52 bits per heavy atom. The van der Waals surface area contributed by atoms with Crippen molar-refractivity contribution in [2.45, 2.75) is 44.8 Å². The summed E-state index contributed by atoms with van der Waals surface area (Å²) in [6.45, 7) is 3.56. The molecule has 25 heavy (non-hydrogen) atoms. The van der Waals surface area contributed by atoms with Crippen molar-refractivity contribution in [3.8, 4) is 0 Å². The molecular weight excluding hydrogens is 346 g/mol. The van der Waals surface area contributed by atoms with Gasteiger partial charge in [-0.05, 0) is 5.92 Å². The molecule has 1 rings (SSSR count). The number of aliphatic carboxylic acids is 1. The molecule has 140 valence electrons. The predicted octanol–water partition coefficient (Wildman–Crippen LogP) is -0.690. The van der Waals surface area contributed by atoms with E-state index in [1.165, 1.54) is 6.33 Å². The topological polar surface area (TPSA) is 150 Å². The van der Waals surface area contributed by atoms with Crippen molar-refractivity contribution < 1.29 is 19.5 Å². The third-order valence-electron chi connectivity index (χ3n) is 3.92. The largest absolute Gasteiger partial charge is 0.480 e. The number of carbonyl (C=O) groups is 3. The first kappa shape index (κ1) is 21.0. The number of nitrogens with two attached hydrogens (primary N) is 1. The Morgan fingerprint density at radius 1 is 1.36 bits per heavy atom. The Balaban J connectivity index is 2.65. The van der Waals surface area contributed by atoms with Gasteiger partial charge in [-0.1, -0.05) is 20.3 Å². The second-order valence-corrected chi connectivity index (χ2v) is 6.21. The molecule has 0 radical (unpaired) electrons. The average molecular weight is 371 g/mol. The van der Waals surface area contributed by atoms with Crippen LogP contribution >= 0.6 is 12.6 Å². The number of aromatic nitrogens is 2. The predicted molar refractivity (Wildman–Crippen MR) is 95.1 cm³/mol. The van der Waals surface area contributed by atoms with E-state index < -0.39 is 35.9 Å². The zero-order valence-electron chi connectivity index (χ0n) is 14.2. The van der Waals surface area contributed by atoms with Gasteiger partial charge >= 0.3 is 5.97 Å². The lowest BCUT2D eigenvalue weighted by Gasteiger charge is -2.24. The summed E-state index contributed by atoms with van der Waals surface area (Å²) in [5.74, 6) is -2.49. The van der Waals surface area contributed by atoms with Crippen LogP contribution in [-0.4, -0.2) is 56.7 Å². The van der Waals surface area contributed by atoms with Gasteiger partial charge in [-0.15, -0.1) is 0 Å². The summed E-state index contributed by atoms with van der Waals surface area (Å²) in [4.78, 5) is 42.4. The van der Waals surface area contributed by atoms with Gasteiger partial charge in [0.15, 0.2) is 0 Å². The molecule has 0 saturated heterocycles. The third kappa shape index (κ3) is 6.39. The second kappa shape index (κ2) is 10.0. The smallest absolute Gasteiger partial charge is 0.326 e. The molecular formula is C15H25N5O4S. The summed E-state index contributed by atoms with van der Waals surface area (Å²) in [5, 5.41) is 14.2. The highest BCUT2D eigenvalue weighted by molar-refractivity contribution is 7.80. The molecule has 0 fully saturated rings. The van der Waals surface area contributed by atoms with Gasteiger partial charge in [-0.2, -0.15) is 12.6 Å². The first-order valence-electron chi connectivity index (χ1n) is 7.97. The summed E-state index contributed by atoms with van der Waals surface area (Å²) >= 11 is 4.06. The highest BCUT2D eigenvalue weighted by Gasteiger charge is 2.29. The van der Waals surface area contributed by atoms with Crippen LogP contribution in [0.3, 0.4) is 0 Å². The third-order valence-corrected chi connectivity index (χ3v) is 4.29. The molecule has 0 aliphatic rings. The van der Waals surface area contributed by atoms with E-state index in [9.17, 15) is 19.5 Å². The Hall–Kier alpha value is -2.07. The van der Waals surface area contributed by atoms with Gasteiger partial charge < -0.3 is 26.5 Å². The normalized spacial score (nSPS) is 15.7. The molecule has 0 aliphatic carbocycles. The number of amides is 2. The van der Waals surface area contributed by atoms with Gasteiger partial charge in [0.1, 0.15) is 12.1 Å². The van der Waals surface area contributed by atoms with Gasteiger partial charge in [0, 0.05) is 24.1 Å². The van der Waals surface area contributed by atoms with E-state index in [1.807, 2.05) is 6.92 Å². The van der Waals surface area contributed by atoms with E-state index in [1.54, 1.807) is 13.1 Å². The minimum Gasteiger partial charge on any atom is -0.480 e. The molecule has 10 heteroatoms. The van der Waals surface area contributed by atoms with Crippen LogP contribution in [0.25, 0.3) is 0 Å². The number of thiol groups is 1. The van der Waals surface area contributed by atoms with Crippen LogP contribution in [-0.2, 0) is 20.8 Å². The quantitative estimate of drug-likeness (QED) is 0.300. The van der Waals surface area contributed by atoms with Gasteiger partial charge in [0.25, 0.3) is 0 Å². The minimum absolute atomic E-state index is 0.0151. The van der Waals surface area contributed by atoms with Crippen molar-refractivity contribution in [1.29, 1.82) is 0 Å². The maximum Gasteiger partial charge on any atom is 0.326 e. The molecule has 9 nitrogen and oxygen atoms in total. The zero-order chi connectivity index (χ0) is 19.0. The van der Waals surface area contributed by atoms with Gasteiger partial charge in [0.2, 0.25) is 11.8 Å². The molecule has 2 amide bonds. The van der Waals surface area contributed by atoms with E-state index in [2.05, 4.69) is 33.2 Å². The molecule has 1 heterocycles. The maximum atomic E-state index is 12.3. The number of nitrogens with one attached hydrogen (secondary N) is 3. The number of carboxylic acids is 1. The first-order chi connectivity index (χ1) is 11.8. The van der Waals surface area contributed by atoms with Crippen LogP contribution in [0.4, 0.5) is 0 Å². The molecule has 0 aromatic carbocycles. The Bertz CT molecular complexity index is 580. The summed E-state index contributed by atoms with van der Waals surface area (Å²) in [5.41, 5.74) is 6.51. The highest BCUT2D eigenvalue weighted by atomic mass is 32.1. The molecule has 0 aliphatic heterocycles. The monoisotopic (exact) mass is 371 g/mol. The van der Waals surface area contributed by atoms with Gasteiger partial charge in [-0.3, -0.25) is 9.59 Å². The van der Waals surface area contributed by atoms with E-state index in [0.29, 0.717) is 12.1 Å². The van der Waals surface area contributed by atoms with Crippen LogP contribution in [0.15, 0.2) is 12.5 Å². The van der Waals surface area contributed by atoms with E-state index >= 15 is 0 Å². The van der Waals surface area contributed by atoms with Crippen LogP contribution in [0.2, 0.25) is 0 Å². The van der Waals surface area contributed by atoms with Gasteiger partial charge in [-0.25, -0.2) is 9.78 Å².